The number of anilines is 1. The molecule has 2 aliphatic rings. The summed E-state index contributed by atoms with van der Waals surface area (Å²) in [5.41, 5.74) is 3.21. The third-order valence-electron chi connectivity index (χ3n) is 6.79. The number of carbonyl (C=O) groups excluding carboxylic acids is 3. The fourth-order valence-corrected chi connectivity index (χ4v) is 5.04. The average molecular weight is 484 g/mol. The van der Waals surface area contributed by atoms with Gasteiger partial charge >= 0.3 is 0 Å². The van der Waals surface area contributed by atoms with E-state index in [0.29, 0.717) is 42.9 Å². The highest BCUT2D eigenvalue weighted by atomic mass is 16.5. The zero-order chi connectivity index (χ0) is 25.1. The number of rotatable bonds is 7. The van der Waals surface area contributed by atoms with Crippen LogP contribution in [0.25, 0.3) is 0 Å². The van der Waals surface area contributed by atoms with Crippen molar-refractivity contribution in [1.29, 1.82) is 0 Å². The summed E-state index contributed by atoms with van der Waals surface area (Å²) < 4.78 is 5.67. The van der Waals surface area contributed by atoms with Gasteiger partial charge in [0.1, 0.15) is 11.8 Å². The van der Waals surface area contributed by atoms with Crippen LogP contribution < -0.4 is 15.0 Å². The van der Waals surface area contributed by atoms with Crippen LogP contribution in [0.1, 0.15) is 51.6 Å². The lowest BCUT2D eigenvalue weighted by atomic mass is 10.0. The van der Waals surface area contributed by atoms with Crippen LogP contribution in [0.5, 0.6) is 5.75 Å². The third kappa shape index (κ3) is 4.44. The van der Waals surface area contributed by atoms with E-state index in [4.69, 9.17) is 4.74 Å². The van der Waals surface area contributed by atoms with E-state index in [1.165, 1.54) is 0 Å². The number of hydrogen-bond acceptors (Lipinski definition) is 4. The quantitative estimate of drug-likeness (QED) is 0.547. The first kappa shape index (κ1) is 23.6. The molecule has 3 aromatic carbocycles. The molecule has 1 fully saturated rings. The van der Waals surface area contributed by atoms with Crippen LogP contribution in [0.2, 0.25) is 0 Å². The van der Waals surface area contributed by atoms with Crippen molar-refractivity contribution in [2.75, 3.05) is 18.1 Å². The standard InChI is InChI=1S/C29H29N3O4/c1-2-36-26-16-8-4-10-20(26)18-30-27(33)22-12-5-3-11-21(22)19-32-24-14-7-6-13-23(24)28(34)31-17-9-15-25(31)29(32)35/h3-8,10-14,16,25H,2,9,15,17-19H2,1H3,(H,30,33)/t25-/m0/s1. The number of hydrogen-bond donors (Lipinski definition) is 1. The van der Waals surface area contributed by atoms with Gasteiger partial charge in [-0.3, -0.25) is 14.4 Å². The monoisotopic (exact) mass is 483 g/mol. The highest BCUT2D eigenvalue weighted by Crippen LogP contribution is 2.33. The Morgan fingerprint density at radius 2 is 1.69 bits per heavy atom. The maximum Gasteiger partial charge on any atom is 0.256 e. The van der Waals surface area contributed by atoms with Gasteiger partial charge in [0.15, 0.2) is 0 Å². The lowest BCUT2D eigenvalue weighted by Gasteiger charge is -2.26. The summed E-state index contributed by atoms with van der Waals surface area (Å²) in [7, 11) is 0. The molecule has 0 aliphatic carbocycles. The number of nitrogens with zero attached hydrogens (tertiary/aromatic N) is 2. The highest BCUT2D eigenvalue weighted by molar-refractivity contribution is 6.11. The predicted octanol–water partition coefficient (Wildman–Crippen LogP) is 4.17. The van der Waals surface area contributed by atoms with Crippen LogP contribution in [0.4, 0.5) is 5.69 Å². The molecule has 7 nitrogen and oxygen atoms in total. The van der Waals surface area contributed by atoms with E-state index >= 15 is 0 Å². The van der Waals surface area contributed by atoms with Crippen molar-refractivity contribution >= 4 is 23.4 Å². The molecular weight excluding hydrogens is 454 g/mol. The zero-order valence-corrected chi connectivity index (χ0v) is 20.3. The second kappa shape index (κ2) is 10.2. The highest BCUT2D eigenvalue weighted by Gasteiger charge is 2.42. The first-order chi connectivity index (χ1) is 17.6. The summed E-state index contributed by atoms with van der Waals surface area (Å²) in [6.45, 7) is 3.57. The van der Waals surface area contributed by atoms with Crippen molar-refractivity contribution in [3.8, 4) is 5.75 Å². The molecule has 3 amide bonds. The van der Waals surface area contributed by atoms with Gasteiger partial charge in [0.05, 0.1) is 24.4 Å². The van der Waals surface area contributed by atoms with Crippen molar-refractivity contribution < 1.29 is 19.1 Å². The Kier molecular flexibility index (Phi) is 6.71. The average Bonchev–Trinajstić information content (AvgIpc) is 3.38. The van der Waals surface area contributed by atoms with Crippen molar-refractivity contribution in [1.82, 2.24) is 10.2 Å². The Labute approximate surface area is 210 Å². The van der Waals surface area contributed by atoms with E-state index in [-0.39, 0.29) is 24.3 Å². The fraction of sp³-hybridized carbons (Fsp3) is 0.276. The van der Waals surface area contributed by atoms with E-state index in [1.54, 1.807) is 28.0 Å². The summed E-state index contributed by atoms with van der Waals surface area (Å²) in [4.78, 5) is 43.5. The molecule has 0 bridgehead atoms. The molecule has 1 saturated heterocycles. The molecule has 0 radical (unpaired) electrons. The summed E-state index contributed by atoms with van der Waals surface area (Å²) >= 11 is 0. The second-order valence-electron chi connectivity index (χ2n) is 8.98. The minimum atomic E-state index is -0.471. The molecule has 0 saturated carbocycles. The molecule has 0 unspecified atom stereocenters. The van der Waals surface area contributed by atoms with Gasteiger partial charge in [0.25, 0.3) is 11.8 Å². The van der Waals surface area contributed by atoms with Crippen LogP contribution in [-0.2, 0) is 17.9 Å². The van der Waals surface area contributed by atoms with Crippen molar-refractivity contribution in [2.24, 2.45) is 0 Å². The Morgan fingerprint density at radius 1 is 0.972 bits per heavy atom. The maximum absolute atomic E-state index is 13.6. The van der Waals surface area contributed by atoms with Gasteiger partial charge in [-0.2, -0.15) is 0 Å². The van der Waals surface area contributed by atoms with E-state index in [2.05, 4.69) is 5.32 Å². The molecule has 2 aliphatic heterocycles. The summed E-state index contributed by atoms with van der Waals surface area (Å²) in [5, 5.41) is 2.99. The second-order valence-corrected chi connectivity index (χ2v) is 8.98. The van der Waals surface area contributed by atoms with Crippen LogP contribution in [0, 0.1) is 0 Å². The lowest BCUT2D eigenvalue weighted by Crippen LogP contribution is -2.44. The van der Waals surface area contributed by atoms with Gasteiger partial charge < -0.3 is 19.9 Å². The van der Waals surface area contributed by atoms with Gasteiger partial charge in [-0.25, -0.2) is 0 Å². The number of para-hydroxylation sites is 2. The SMILES string of the molecule is CCOc1ccccc1CNC(=O)c1ccccc1CN1C(=O)[C@@H]2CCCN2C(=O)c2ccccc21. The van der Waals surface area contributed by atoms with Crippen LogP contribution in [0.3, 0.4) is 0 Å². The Hall–Kier alpha value is -4.13. The fourth-order valence-electron chi connectivity index (χ4n) is 5.04. The number of benzene rings is 3. The number of ether oxygens (including phenoxy) is 1. The molecule has 2 heterocycles. The van der Waals surface area contributed by atoms with Crippen LogP contribution in [-0.4, -0.2) is 41.8 Å². The molecular formula is C29H29N3O4. The predicted molar refractivity (Wildman–Crippen MR) is 137 cm³/mol. The van der Waals surface area contributed by atoms with Gasteiger partial charge in [0, 0.05) is 24.2 Å². The molecule has 0 aromatic heterocycles. The van der Waals surface area contributed by atoms with Gasteiger partial charge in [0.2, 0.25) is 5.91 Å². The molecule has 184 valence electrons. The Bertz CT molecular complexity index is 1300. The van der Waals surface area contributed by atoms with Gasteiger partial charge in [-0.1, -0.05) is 48.5 Å². The molecule has 3 aromatic rings. The smallest absolute Gasteiger partial charge is 0.256 e. The van der Waals surface area contributed by atoms with Crippen LogP contribution in [0.15, 0.2) is 72.8 Å². The topological polar surface area (TPSA) is 79.0 Å². The molecule has 1 atom stereocenters. The number of amides is 3. The van der Waals surface area contributed by atoms with Crippen LogP contribution >= 0.6 is 0 Å². The summed E-state index contributed by atoms with van der Waals surface area (Å²) in [6.07, 6.45) is 1.46. The minimum Gasteiger partial charge on any atom is -0.494 e. The normalized spacial score (nSPS) is 16.9. The molecule has 7 heteroatoms. The van der Waals surface area contributed by atoms with E-state index in [1.807, 2.05) is 61.5 Å². The Morgan fingerprint density at radius 3 is 2.53 bits per heavy atom. The van der Waals surface area contributed by atoms with Gasteiger partial charge in [-0.05, 0) is 49.6 Å². The van der Waals surface area contributed by atoms with E-state index in [0.717, 1.165) is 23.3 Å². The molecule has 36 heavy (non-hydrogen) atoms. The van der Waals surface area contributed by atoms with Crippen molar-refractivity contribution in [3.05, 3.63) is 95.1 Å². The number of carbonyl (C=O) groups is 3. The lowest BCUT2D eigenvalue weighted by molar-refractivity contribution is -0.122. The largest absolute Gasteiger partial charge is 0.494 e. The summed E-state index contributed by atoms with van der Waals surface area (Å²) in [6, 6.07) is 21.7. The molecule has 1 N–H and O–H groups in total. The molecule has 5 rings (SSSR count). The van der Waals surface area contributed by atoms with E-state index < -0.39 is 6.04 Å². The number of nitrogens with one attached hydrogen (secondary N) is 1. The number of fused-ring (bicyclic) bond motifs is 2. The summed E-state index contributed by atoms with van der Waals surface area (Å²) in [5.74, 6) is 0.298. The third-order valence-corrected chi connectivity index (χ3v) is 6.79. The van der Waals surface area contributed by atoms with Gasteiger partial charge in [-0.15, -0.1) is 0 Å². The van der Waals surface area contributed by atoms with Crippen molar-refractivity contribution in [3.63, 3.8) is 0 Å². The zero-order valence-electron chi connectivity index (χ0n) is 20.3. The first-order valence-electron chi connectivity index (χ1n) is 12.4. The first-order valence-corrected chi connectivity index (χ1v) is 12.4. The minimum absolute atomic E-state index is 0.105. The van der Waals surface area contributed by atoms with E-state index in [9.17, 15) is 14.4 Å². The maximum atomic E-state index is 13.6. The molecule has 0 spiro atoms. The Balaban J connectivity index is 1.42. The van der Waals surface area contributed by atoms with Crippen molar-refractivity contribution in [2.45, 2.75) is 38.9 Å².